The van der Waals surface area contributed by atoms with Gasteiger partial charge in [0.15, 0.2) is 0 Å². The number of rotatable bonds is 3. The summed E-state index contributed by atoms with van der Waals surface area (Å²) in [5, 5.41) is 2.69. The summed E-state index contributed by atoms with van der Waals surface area (Å²) in [4.78, 5) is 0. The summed E-state index contributed by atoms with van der Waals surface area (Å²) in [6.45, 7) is 0. The number of ether oxygens (including phenoxy) is 2. The van der Waals surface area contributed by atoms with E-state index in [4.69, 9.17) is 21.1 Å². The SMILES string of the molecule is COc1ccc2cccc(Oc3cccc(Cl)c3Br)c2c1. The maximum absolute atomic E-state index is 6.10. The highest BCUT2D eigenvalue weighted by molar-refractivity contribution is 9.10. The van der Waals surface area contributed by atoms with E-state index < -0.39 is 0 Å². The molecule has 0 amide bonds. The Labute approximate surface area is 136 Å². The molecule has 0 aliphatic carbocycles. The van der Waals surface area contributed by atoms with Crippen molar-refractivity contribution in [3.8, 4) is 17.2 Å². The first kappa shape index (κ1) is 14.2. The van der Waals surface area contributed by atoms with Gasteiger partial charge in [0, 0.05) is 5.39 Å². The number of fused-ring (bicyclic) bond motifs is 1. The Morgan fingerprint density at radius 1 is 0.952 bits per heavy atom. The van der Waals surface area contributed by atoms with Crippen molar-refractivity contribution >= 4 is 38.3 Å². The van der Waals surface area contributed by atoms with Gasteiger partial charge in [-0.1, -0.05) is 35.9 Å². The average Bonchev–Trinajstić information content (AvgIpc) is 2.51. The molecule has 0 N–H and O–H groups in total. The molecule has 0 fully saturated rings. The molecule has 0 atom stereocenters. The van der Waals surface area contributed by atoms with Gasteiger partial charge in [0.05, 0.1) is 16.6 Å². The Bertz CT molecular complexity index is 802. The number of halogens is 2. The molecule has 0 aromatic heterocycles. The van der Waals surface area contributed by atoms with Crippen molar-refractivity contribution in [3.05, 3.63) is 64.1 Å². The van der Waals surface area contributed by atoms with Gasteiger partial charge in [0.1, 0.15) is 17.2 Å². The van der Waals surface area contributed by atoms with Crippen molar-refractivity contribution < 1.29 is 9.47 Å². The number of hydrogen-bond acceptors (Lipinski definition) is 2. The van der Waals surface area contributed by atoms with Gasteiger partial charge in [-0.15, -0.1) is 0 Å². The van der Waals surface area contributed by atoms with E-state index in [9.17, 15) is 0 Å². The van der Waals surface area contributed by atoms with Gasteiger partial charge in [-0.2, -0.15) is 0 Å². The summed E-state index contributed by atoms with van der Waals surface area (Å²) in [5.41, 5.74) is 0. The molecule has 0 unspecified atom stereocenters. The standard InChI is InChI=1S/C17H12BrClO2/c1-20-12-9-8-11-4-2-6-15(13(11)10-12)21-16-7-3-5-14(19)17(16)18/h2-10H,1H3. The molecule has 3 aromatic rings. The third-order valence-corrected chi connectivity index (χ3v) is 4.55. The lowest BCUT2D eigenvalue weighted by Crippen LogP contribution is -1.89. The third kappa shape index (κ3) is 2.85. The van der Waals surface area contributed by atoms with E-state index in [0.717, 1.165) is 26.7 Å². The molecule has 21 heavy (non-hydrogen) atoms. The lowest BCUT2D eigenvalue weighted by molar-refractivity contribution is 0.415. The fourth-order valence-corrected chi connectivity index (χ4v) is 2.63. The molecule has 0 aliphatic rings. The van der Waals surface area contributed by atoms with Gasteiger partial charge in [-0.3, -0.25) is 0 Å². The van der Waals surface area contributed by atoms with Crippen LogP contribution in [0.2, 0.25) is 5.02 Å². The summed E-state index contributed by atoms with van der Waals surface area (Å²) in [5.74, 6) is 2.23. The van der Waals surface area contributed by atoms with Crippen LogP contribution in [0.15, 0.2) is 59.1 Å². The van der Waals surface area contributed by atoms with Crippen molar-refractivity contribution in [1.29, 1.82) is 0 Å². The minimum atomic E-state index is 0.616. The molecule has 0 saturated heterocycles. The molecule has 0 bridgehead atoms. The van der Waals surface area contributed by atoms with E-state index in [-0.39, 0.29) is 0 Å². The van der Waals surface area contributed by atoms with Crippen molar-refractivity contribution in [1.82, 2.24) is 0 Å². The number of methoxy groups -OCH3 is 1. The first-order valence-electron chi connectivity index (χ1n) is 6.37. The van der Waals surface area contributed by atoms with E-state index in [1.165, 1.54) is 0 Å². The van der Waals surface area contributed by atoms with Crippen molar-refractivity contribution in [3.63, 3.8) is 0 Å². The van der Waals surface area contributed by atoms with Gasteiger partial charge in [0.2, 0.25) is 0 Å². The molecule has 0 saturated carbocycles. The molecule has 0 heterocycles. The van der Waals surface area contributed by atoms with Crippen LogP contribution in [0.4, 0.5) is 0 Å². The van der Waals surface area contributed by atoms with Crippen molar-refractivity contribution in [2.24, 2.45) is 0 Å². The van der Waals surface area contributed by atoms with Crippen LogP contribution in [0.1, 0.15) is 0 Å². The summed E-state index contributed by atoms with van der Waals surface area (Å²) in [7, 11) is 1.65. The Kier molecular flexibility index (Phi) is 4.04. The van der Waals surface area contributed by atoms with E-state index >= 15 is 0 Å². The summed E-state index contributed by atoms with van der Waals surface area (Å²) >= 11 is 9.55. The fraction of sp³-hybridized carbons (Fsp3) is 0.0588. The largest absolute Gasteiger partial charge is 0.497 e. The number of hydrogen-bond donors (Lipinski definition) is 0. The third-order valence-electron chi connectivity index (χ3n) is 3.19. The first-order chi connectivity index (χ1) is 10.2. The van der Waals surface area contributed by atoms with Crippen LogP contribution in [0, 0.1) is 0 Å². The zero-order valence-corrected chi connectivity index (χ0v) is 13.6. The topological polar surface area (TPSA) is 18.5 Å². The molecular formula is C17H12BrClO2. The zero-order valence-electron chi connectivity index (χ0n) is 11.3. The zero-order chi connectivity index (χ0) is 14.8. The van der Waals surface area contributed by atoms with Gasteiger partial charge >= 0.3 is 0 Å². The van der Waals surface area contributed by atoms with Crippen LogP contribution in [0.3, 0.4) is 0 Å². The van der Waals surface area contributed by atoms with E-state index in [2.05, 4.69) is 15.9 Å². The van der Waals surface area contributed by atoms with Crippen LogP contribution in [-0.4, -0.2) is 7.11 Å². The highest BCUT2D eigenvalue weighted by atomic mass is 79.9. The highest BCUT2D eigenvalue weighted by Crippen LogP contribution is 2.38. The number of benzene rings is 3. The van der Waals surface area contributed by atoms with Crippen LogP contribution >= 0.6 is 27.5 Å². The Morgan fingerprint density at radius 3 is 2.52 bits per heavy atom. The second-order valence-corrected chi connectivity index (χ2v) is 5.70. The first-order valence-corrected chi connectivity index (χ1v) is 7.55. The fourth-order valence-electron chi connectivity index (χ4n) is 2.12. The Balaban J connectivity index is 2.09. The van der Waals surface area contributed by atoms with Crippen molar-refractivity contribution in [2.45, 2.75) is 0 Å². The molecular weight excluding hydrogens is 352 g/mol. The average molecular weight is 364 g/mol. The summed E-state index contributed by atoms with van der Waals surface area (Å²) < 4.78 is 12.0. The van der Waals surface area contributed by atoms with E-state index in [1.807, 2.05) is 54.6 Å². The normalized spacial score (nSPS) is 10.6. The van der Waals surface area contributed by atoms with Crippen LogP contribution in [0.25, 0.3) is 10.8 Å². The van der Waals surface area contributed by atoms with Gasteiger partial charge in [0.25, 0.3) is 0 Å². The molecule has 0 aliphatic heterocycles. The van der Waals surface area contributed by atoms with Gasteiger partial charge < -0.3 is 9.47 Å². The van der Waals surface area contributed by atoms with Crippen LogP contribution in [0.5, 0.6) is 17.2 Å². The lowest BCUT2D eigenvalue weighted by atomic mass is 10.1. The lowest BCUT2D eigenvalue weighted by Gasteiger charge is -2.12. The summed E-state index contributed by atoms with van der Waals surface area (Å²) in [6, 6.07) is 17.4. The smallest absolute Gasteiger partial charge is 0.143 e. The second kappa shape index (κ2) is 5.96. The quantitative estimate of drug-likeness (QED) is 0.563. The molecule has 0 spiro atoms. The predicted molar refractivity (Wildman–Crippen MR) is 89.7 cm³/mol. The van der Waals surface area contributed by atoms with Crippen LogP contribution in [-0.2, 0) is 0 Å². The Hall–Kier alpha value is -1.71. The summed E-state index contributed by atoms with van der Waals surface area (Å²) in [6.07, 6.45) is 0. The second-order valence-electron chi connectivity index (χ2n) is 4.50. The monoisotopic (exact) mass is 362 g/mol. The molecule has 2 nitrogen and oxygen atoms in total. The molecule has 3 aromatic carbocycles. The molecule has 106 valence electrons. The maximum Gasteiger partial charge on any atom is 0.143 e. The molecule has 4 heteroatoms. The highest BCUT2D eigenvalue weighted by Gasteiger charge is 2.09. The minimum absolute atomic E-state index is 0.616. The van der Waals surface area contributed by atoms with E-state index in [1.54, 1.807) is 7.11 Å². The van der Waals surface area contributed by atoms with Gasteiger partial charge in [-0.25, -0.2) is 0 Å². The maximum atomic E-state index is 6.10. The van der Waals surface area contributed by atoms with Crippen molar-refractivity contribution in [2.75, 3.05) is 7.11 Å². The minimum Gasteiger partial charge on any atom is -0.497 e. The van der Waals surface area contributed by atoms with E-state index in [0.29, 0.717) is 10.8 Å². The molecule has 3 rings (SSSR count). The van der Waals surface area contributed by atoms with Crippen LogP contribution < -0.4 is 9.47 Å². The van der Waals surface area contributed by atoms with Gasteiger partial charge in [-0.05, 0) is 51.6 Å². The molecule has 0 radical (unpaired) electrons. The Morgan fingerprint density at radius 2 is 1.71 bits per heavy atom. The predicted octanol–water partition coefficient (Wildman–Crippen LogP) is 6.06.